The lowest BCUT2D eigenvalue weighted by atomic mass is 9.45. The zero-order valence-corrected chi connectivity index (χ0v) is 24.9. The Balaban J connectivity index is 1.51. The summed E-state index contributed by atoms with van der Waals surface area (Å²) in [5.74, 6) is 3.28. The smallest absolute Gasteiger partial charge is 0.192 e. The summed E-state index contributed by atoms with van der Waals surface area (Å²) >= 11 is 0. The van der Waals surface area contributed by atoms with Crippen molar-refractivity contribution < 1.29 is 19.4 Å². The van der Waals surface area contributed by atoms with Crippen LogP contribution in [0.15, 0.2) is 0 Å². The molecule has 0 amide bonds. The second kappa shape index (κ2) is 8.53. The van der Waals surface area contributed by atoms with E-state index in [9.17, 15) is 10.2 Å². The molecule has 1 spiro atoms. The van der Waals surface area contributed by atoms with E-state index in [1.165, 1.54) is 38.5 Å². The van der Waals surface area contributed by atoms with E-state index >= 15 is 0 Å². The molecule has 2 N–H and O–H groups in total. The Morgan fingerprint density at radius 1 is 1.09 bits per heavy atom. The van der Waals surface area contributed by atoms with Crippen LogP contribution < -0.4 is 0 Å². The van der Waals surface area contributed by atoms with Crippen molar-refractivity contribution in [1.29, 1.82) is 0 Å². The van der Waals surface area contributed by atoms with Gasteiger partial charge in [-0.3, -0.25) is 0 Å². The molecule has 11 atom stereocenters. The van der Waals surface area contributed by atoms with Gasteiger partial charge < -0.3 is 19.4 Å². The van der Waals surface area contributed by atoms with E-state index in [0.29, 0.717) is 34.7 Å². The molecule has 202 valence electrons. The Morgan fingerprint density at radius 3 is 2.40 bits per heavy atom. The first-order valence-corrected chi connectivity index (χ1v) is 17.7. The molecule has 5 heteroatoms. The molecule has 0 radical (unpaired) electrons. The van der Waals surface area contributed by atoms with Crippen molar-refractivity contribution in [3.05, 3.63) is 0 Å². The molecule has 0 aromatic heterocycles. The lowest BCUT2D eigenvalue weighted by Crippen LogP contribution is -2.59. The van der Waals surface area contributed by atoms with Crippen molar-refractivity contribution >= 4 is 8.32 Å². The zero-order chi connectivity index (χ0) is 25.6. The van der Waals surface area contributed by atoms with E-state index < -0.39 is 8.32 Å². The fourth-order valence-corrected chi connectivity index (χ4v) is 11.6. The van der Waals surface area contributed by atoms with Gasteiger partial charge in [0.2, 0.25) is 0 Å². The molecule has 4 nitrogen and oxygen atoms in total. The number of aliphatic hydroxyl groups excluding tert-OH is 2. The lowest BCUT2D eigenvalue weighted by molar-refractivity contribution is -0.170. The standard InChI is InChI=1S/C30H54O4Si/c1-19(11-14-31)26-24(32)16-23-21-15-25(33-6)30-17-20(30)9-12-28(30,5)22(21)10-13-29(23,26)18-34-35(7,8)27(2,3)4/h19-26,31-32H,9-18H2,1-8H3/t19-,20-,21-,22+,23+,24-,25-,26+,28-,29-,30+/m1/s1. The van der Waals surface area contributed by atoms with Crippen LogP contribution in [0.4, 0.5) is 0 Å². The topological polar surface area (TPSA) is 58.9 Å². The van der Waals surface area contributed by atoms with Gasteiger partial charge in [0.1, 0.15) is 0 Å². The highest BCUT2D eigenvalue weighted by molar-refractivity contribution is 6.74. The molecule has 5 fully saturated rings. The largest absolute Gasteiger partial charge is 0.416 e. The van der Waals surface area contributed by atoms with Crippen LogP contribution in [0.1, 0.15) is 86.0 Å². The van der Waals surface area contributed by atoms with Crippen molar-refractivity contribution in [3.63, 3.8) is 0 Å². The molecule has 0 saturated heterocycles. The molecular weight excluding hydrogens is 452 g/mol. The van der Waals surface area contributed by atoms with Crippen LogP contribution in [0.3, 0.4) is 0 Å². The third-order valence-electron chi connectivity index (χ3n) is 13.4. The van der Waals surface area contributed by atoms with Crippen LogP contribution in [0.2, 0.25) is 18.1 Å². The summed E-state index contributed by atoms with van der Waals surface area (Å²) in [4.78, 5) is 0. The summed E-state index contributed by atoms with van der Waals surface area (Å²) in [6.07, 6.45) is 9.54. The van der Waals surface area contributed by atoms with Gasteiger partial charge in [0.15, 0.2) is 8.32 Å². The van der Waals surface area contributed by atoms with Gasteiger partial charge in [-0.05, 0) is 110 Å². The Labute approximate surface area is 216 Å². The van der Waals surface area contributed by atoms with E-state index in [1.807, 2.05) is 7.11 Å². The maximum Gasteiger partial charge on any atom is 0.192 e. The van der Waals surface area contributed by atoms with Crippen LogP contribution in [-0.4, -0.2) is 51.1 Å². The highest BCUT2D eigenvalue weighted by Crippen LogP contribution is 2.82. The number of ether oxygens (including phenoxy) is 1. The van der Waals surface area contributed by atoms with Crippen molar-refractivity contribution in [2.24, 2.45) is 51.8 Å². The molecule has 5 rings (SSSR count). The summed E-state index contributed by atoms with van der Waals surface area (Å²) in [6.45, 7) is 17.6. The minimum Gasteiger partial charge on any atom is -0.416 e. The Morgan fingerprint density at radius 2 is 1.80 bits per heavy atom. The molecule has 0 unspecified atom stereocenters. The van der Waals surface area contributed by atoms with Crippen molar-refractivity contribution in [2.75, 3.05) is 20.3 Å². The maximum atomic E-state index is 11.6. The lowest BCUT2D eigenvalue weighted by Gasteiger charge is -2.61. The molecule has 0 aromatic carbocycles. The van der Waals surface area contributed by atoms with Crippen molar-refractivity contribution in [2.45, 2.75) is 116 Å². The van der Waals surface area contributed by atoms with E-state index in [0.717, 1.165) is 31.3 Å². The minimum atomic E-state index is -1.92. The van der Waals surface area contributed by atoms with Gasteiger partial charge in [-0.1, -0.05) is 34.6 Å². The molecule has 0 aromatic rings. The highest BCUT2D eigenvalue weighted by Gasteiger charge is 2.78. The second-order valence-corrected chi connectivity index (χ2v) is 20.2. The van der Waals surface area contributed by atoms with Gasteiger partial charge in [-0.25, -0.2) is 0 Å². The van der Waals surface area contributed by atoms with Gasteiger partial charge in [0.05, 0.1) is 12.2 Å². The van der Waals surface area contributed by atoms with Gasteiger partial charge in [0, 0.05) is 31.2 Å². The number of fused-ring (bicyclic) bond motifs is 4. The number of hydrogen-bond donors (Lipinski definition) is 2. The number of aliphatic hydroxyl groups is 2. The van der Waals surface area contributed by atoms with Gasteiger partial charge in [0.25, 0.3) is 0 Å². The Hall–Kier alpha value is 0.0569. The normalized spacial score (nSPS) is 49.7. The maximum absolute atomic E-state index is 11.6. The zero-order valence-electron chi connectivity index (χ0n) is 23.9. The van der Waals surface area contributed by atoms with E-state index in [1.54, 1.807) is 0 Å². The molecule has 0 aliphatic heterocycles. The fourth-order valence-electron chi connectivity index (χ4n) is 10.6. The van der Waals surface area contributed by atoms with Crippen molar-refractivity contribution in [1.82, 2.24) is 0 Å². The third-order valence-corrected chi connectivity index (χ3v) is 17.8. The number of methoxy groups -OCH3 is 1. The predicted octanol–water partition coefficient (Wildman–Crippen LogP) is 6.26. The summed E-state index contributed by atoms with van der Waals surface area (Å²) in [5.41, 5.74) is 0.847. The first kappa shape index (κ1) is 26.7. The minimum absolute atomic E-state index is 0.0192. The van der Waals surface area contributed by atoms with Crippen LogP contribution in [-0.2, 0) is 9.16 Å². The first-order chi connectivity index (χ1) is 16.3. The van der Waals surface area contributed by atoms with E-state index in [2.05, 4.69) is 47.7 Å². The summed E-state index contributed by atoms with van der Waals surface area (Å²) in [6, 6.07) is 0. The van der Waals surface area contributed by atoms with Gasteiger partial charge in [-0.15, -0.1) is 0 Å². The third kappa shape index (κ3) is 3.57. The quantitative estimate of drug-likeness (QED) is 0.400. The van der Waals surface area contributed by atoms with Crippen LogP contribution >= 0.6 is 0 Å². The molecule has 5 aliphatic rings. The number of rotatable bonds is 7. The molecule has 35 heavy (non-hydrogen) atoms. The van der Waals surface area contributed by atoms with Crippen molar-refractivity contribution in [3.8, 4) is 0 Å². The predicted molar refractivity (Wildman–Crippen MR) is 144 cm³/mol. The van der Waals surface area contributed by atoms with E-state index in [4.69, 9.17) is 9.16 Å². The Kier molecular flexibility index (Phi) is 6.50. The Bertz CT molecular complexity index is 809. The molecule has 5 aliphatic carbocycles. The highest BCUT2D eigenvalue weighted by atomic mass is 28.4. The second-order valence-electron chi connectivity index (χ2n) is 15.4. The summed E-state index contributed by atoms with van der Waals surface area (Å²) in [7, 11) is 0.0384. The SMILES string of the molecule is CO[C@@H]1C[C@H]2[C@@H]3C[C@@H](O)[C@H]([C@H](C)CCO)[C@@]3(CO[Si](C)(C)C(C)(C)C)CC[C@@H]2[C@@]2(C)CC[C@@H]3C[C@]312. The summed E-state index contributed by atoms with van der Waals surface area (Å²) in [5, 5.41) is 21.6. The molecule has 0 bridgehead atoms. The van der Waals surface area contributed by atoms with Crippen LogP contribution in [0.25, 0.3) is 0 Å². The van der Waals surface area contributed by atoms with Crippen LogP contribution in [0, 0.1) is 51.8 Å². The summed E-state index contributed by atoms with van der Waals surface area (Å²) < 4.78 is 13.4. The fraction of sp³-hybridized carbons (Fsp3) is 1.00. The van der Waals surface area contributed by atoms with Crippen LogP contribution in [0.5, 0.6) is 0 Å². The van der Waals surface area contributed by atoms with Gasteiger partial charge >= 0.3 is 0 Å². The van der Waals surface area contributed by atoms with Gasteiger partial charge in [-0.2, -0.15) is 0 Å². The molecule has 0 heterocycles. The average molecular weight is 507 g/mol. The number of hydrogen-bond acceptors (Lipinski definition) is 4. The molecular formula is C30H54O4Si. The first-order valence-electron chi connectivity index (χ1n) is 14.7. The monoisotopic (exact) mass is 506 g/mol. The average Bonchev–Trinajstić information content (AvgIpc) is 3.32. The molecule has 5 saturated carbocycles. The van der Waals surface area contributed by atoms with E-state index in [-0.39, 0.29) is 29.1 Å².